The van der Waals surface area contributed by atoms with Crippen molar-refractivity contribution in [1.29, 1.82) is 0 Å². The van der Waals surface area contributed by atoms with Crippen molar-refractivity contribution in [3.63, 3.8) is 0 Å². The highest BCUT2D eigenvalue weighted by atomic mass is 16.5. The molecule has 0 aromatic carbocycles. The van der Waals surface area contributed by atoms with Crippen molar-refractivity contribution in [3.8, 4) is 0 Å². The van der Waals surface area contributed by atoms with E-state index in [0.29, 0.717) is 19.4 Å². The van der Waals surface area contributed by atoms with Crippen molar-refractivity contribution < 1.29 is 24.5 Å². The first-order valence-electron chi connectivity index (χ1n) is 29.8. The van der Waals surface area contributed by atoms with Crippen LogP contribution in [0.1, 0.15) is 316 Å². The van der Waals surface area contributed by atoms with Crippen LogP contribution in [-0.4, -0.2) is 47.4 Å². The molecule has 6 heteroatoms. The lowest BCUT2D eigenvalue weighted by Crippen LogP contribution is -2.45. The van der Waals surface area contributed by atoms with E-state index in [2.05, 4.69) is 43.5 Å². The van der Waals surface area contributed by atoms with Gasteiger partial charge in [0.2, 0.25) is 5.91 Å². The monoisotopic (exact) mass is 942 g/mol. The van der Waals surface area contributed by atoms with Gasteiger partial charge in [0.1, 0.15) is 0 Å². The van der Waals surface area contributed by atoms with Gasteiger partial charge in [-0.2, -0.15) is 0 Å². The molecule has 0 aliphatic rings. The van der Waals surface area contributed by atoms with Gasteiger partial charge in [0.25, 0.3) is 0 Å². The molecule has 0 saturated heterocycles. The van der Waals surface area contributed by atoms with Crippen molar-refractivity contribution in [1.82, 2.24) is 5.32 Å². The zero-order valence-electron chi connectivity index (χ0n) is 44.9. The van der Waals surface area contributed by atoms with E-state index in [4.69, 9.17) is 4.74 Å². The van der Waals surface area contributed by atoms with Crippen LogP contribution in [0, 0.1) is 0 Å². The number of aliphatic hydroxyl groups is 2. The average Bonchev–Trinajstić information content (AvgIpc) is 3.33. The number of nitrogens with one attached hydrogen (secondary N) is 1. The smallest absolute Gasteiger partial charge is 0.305 e. The number of unbranched alkanes of at least 4 members (excludes halogenated alkanes) is 40. The highest BCUT2D eigenvalue weighted by molar-refractivity contribution is 5.76. The first kappa shape index (κ1) is 65.1. The Labute approximate surface area is 417 Å². The zero-order chi connectivity index (χ0) is 48.6. The molecule has 67 heavy (non-hydrogen) atoms. The number of hydrogen-bond acceptors (Lipinski definition) is 5. The number of esters is 1. The summed E-state index contributed by atoms with van der Waals surface area (Å²) in [7, 11) is 0. The molecule has 0 bridgehead atoms. The summed E-state index contributed by atoms with van der Waals surface area (Å²) < 4.78 is 5.45. The predicted octanol–water partition coefficient (Wildman–Crippen LogP) is 18.4. The van der Waals surface area contributed by atoms with Gasteiger partial charge in [0.15, 0.2) is 0 Å². The molecule has 2 atom stereocenters. The number of amides is 1. The fourth-order valence-electron chi connectivity index (χ4n) is 9.04. The Morgan fingerprint density at radius 1 is 0.403 bits per heavy atom. The third-order valence-corrected chi connectivity index (χ3v) is 13.6. The minimum Gasteiger partial charge on any atom is -0.466 e. The Kier molecular flexibility index (Phi) is 55.0. The van der Waals surface area contributed by atoms with E-state index < -0.39 is 12.1 Å². The highest BCUT2D eigenvalue weighted by Crippen LogP contribution is 2.17. The number of carbonyl (C=O) groups excluding carboxylic acids is 2. The van der Waals surface area contributed by atoms with Crippen LogP contribution in [-0.2, 0) is 14.3 Å². The first-order valence-corrected chi connectivity index (χ1v) is 29.8. The van der Waals surface area contributed by atoms with Crippen LogP contribution in [0.5, 0.6) is 0 Å². The van der Waals surface area contributed by atoms with Crippen molar-refractivity contribution >= 4 is 11.9 Å². The van der Waals surface area contributed by atoms with Crippen molar-refractivity contribution in [2.75, 3.05) is 13.2 Å². The van der Waals surface area contributed by atoms with E-state index >= 15 is 0 Å². The van der Waals surface area contributed by atoms with Gasteiger partial charge in [-0.1, -0.05) is 262 Å². The van der Waals surface area contributed by atoms with E-state index in [-0.39, 0.29) is 18.5 Å². The third-order valence-electron chi connectivity index (χ3n) is 13.6. The molecule has 0 radical (unpaired) electrons. The van der Waals surface area contributed by atoms with E-state index in [1.54, 1.807) is 6.08 Å². The summed E-state index contributed by atoms with van der Waals surface area (Å²) in [5, 5.41) is 23.1. The minimum absolute atomic E-state index is 0.0408. The molecule has 394 valence electrons. The Balaban J connectivity index is 3.55. The lowest BCUT2D eigenvalue weighted by molar-refractivity contribution is -0.143. The molecule has 6 nitrogen and oxygen atoms in total. The molecule has 0 aliphatic carbocycles. The van der Waals surface area contributed by atoms with Gasteiger partial charge in [0.05, 0.1) is 25.4 Å². The summed E-state index contributed by atoms with van der Waals surface area (Å²) >= 11 is 0. The zero-order valence-corrected chi connectivity index (χ0v) is 44.9. The van der Waals surface area contributed by atoms with E-state index in [1.807, 2.05) is 6.08 Å². The molecular formula is C61H115NO5. The largest absolute Gasteiger partial charge is 0.466 e. The van der Waals surface area contributed by atoms with E-state index in [1.165, 1.54) is 218 Å². The summed E-state index contributed by atoms with van der Waals surface area (Å²) in [5.41, 5.74) is 0. The Morgan fingerprint density at radius 3 is 1.09 bits per heavy atom. The number of rotatable bonds is 55. The maximum atomic E-state index is 12.5. The number of aliphatic hydroxyl groups excluding tert-OH is 2. The molecule has 0 aromatic heterocycles. The number of allylic oxidation sites excluding steroid dienone is 5. The molecule has 0 spiro atoms. The summed E-state index contributed by atoms with van der Waals surface area (Å²) in [5.74, 6) is -0.167. The van der Waals surface area contributed by atoms with Crippen LogP contribution in [0.3, 0.4) is 0 Å². The summed E-state index contributed by atoms with van der Waals surface area (Å²) in [6.07, 6.45) is 70.4. The first-order chi connectivity index (χ1) is 33.0. The maximum Gasteiger partial charge on any atom is 0.305 e. The van der Waals surface area contributed by atoms with Crippen LogP contribution in [0.25, 0.3) is 0 Å². The van der Waals surface area contributed by atoms with Crippen LogP contribution < -0.4 is 5.32 Å². The quantitative estimate of drug-likeness (QED) is 0.0321. The Bertz CT molecular complexity index is 1090. The lowest BCUT2D eigenvalue weighted by atomic mass is 10.0. The SMILES string of the molecule is CCCCCCCC/C=C\CCCCCCCCCC(=O)OCCCCCC/C=C\CCCC(=O)NC(CO)C(O)/C=C/CCCCCCCCCCCCCCCCCCCCCCCC. The third kappa shape index (κ3) is 53.3. The molecular weight excluding hydrogens is 827 g/mol. The number of hydrogen-bond donors (Lipinski definition) is 3. The fraction of sp³-hybridized carbons (Fsp3) is 0.869. The summed E-state index contributed by atoms with van der Waals surface area (Å²) in [4.78, 5) is 24.5. The van der Waals surface area contributed by atoms with Crippen molar-refractivity contribution in [3.05, 3.63) is 36.5 Å². The van der Waals surface area contributed by atoms with Crippen LogP contribution >= 0.6 is 0 Å². The second kappa shape index (κ2) is 56.7. The summed E-state index contributed by atoms with van der Waals surface area (Å²) in [6.45, 7) is 4.82. The molecule has 0 aromatic rings. The molecule has 0 rings (SSSR count). The molecule has 0 fully saturated rings. The highest BCUT2D eigenvalue weighted by Gasteiger charge is 2.18. The normalized spacial score (nSPS) is 12.8. The van der Waals surface area contributed by atoms with Gasteiger partial charge in [-0.25, -0.2) is 0 Å². The van der Waals surface area contributed by atoms with Gasteiger partial charge in [-0.05, 0) is 77.0 Å². The minimum atomic E-state index is -0.877. The van der Waals surface area contributed by atoms with E-state index in [0.717, 1.165) is 70.6 Å². The molecule has 0 heterocycles. The van der Waals surface area contributed by atoms with Crippen LogP contribution in [0.15, 0.2) is 36.5 Å². The van der Waals surface area contributed by atoms with Crippen LogP contribution in [0.4, 0.5) is 0 Å². The number of carbonyl (C=O) groups is 2. The standard InChI is InChI=1S/C61H115NO5/c1-3-5-7-9-11-13-15-17-19-21-22-23-24-25-26-27-29-30-32-34-37-41-45-49-53-59(64)58(57-63)62-60(65)54-50-46-42-38-36-40-44-48-52-56-67-61(66)55-51-47-43-39-35-33-31-28-20-18-16-14-12-10-8-6-4-2/h18,20,38,42,49,53,58-59,63-64H,3-17,19,21-37,39-41,43-48,50-52,54-57H2,1-2H3,(H,62,65)/b20-18-,42-38-,53-49+. The second-order valence-corrected chi connectivity index (χ2v) is 20.3. The van der Waals surface area contributed by atoms with Gasteiger partial charge in [-0.15, -0.1) is 0 Å². The molecule has 0 saturated carbocycles. The maximum absolute atomic E-state index is 12.5. The van der Waals surface area contributed by atoms with Gasteiger partial charge >= 0.3 is 5.97 Å². The van der Waals surface area contributed by atoms with Crippen LogP contribution in [0.2, 0.25) is 0 Å². The fourth-order valence-corrected chi connectivity index (χ4v) is 9.04. The Morgan fingerprint density at radius 2 is 0.716 bits per heavy atom. The summed E-state index contributed by atoms with van der Waals surface area (Å²) in [6, 6.07) is -0.667. The van der Waals surface area contributed by atoms with Crippen molar-refractivity contribution in [2.24, 2.45) is 0 Å². The molecule has 0 aliphatic heterocycles. The van der Waals surface area contributed by atoms with Gasteiger partial charge in [-0.3, -0.25) is 9.59 Å². The topological polar surface area (TPSA) is 95.9 Å². The molecule has 2 unspecified atom stereocenters. The lowest BCUT2D eigenvalue weighted by Gasteiger charge is -2.19. The van der Waals surface area contributed by atoms with Crippen molar-refractivity contribution in [2.45, 2.75) is 328 Å². The van der Waals surface area contributed by atoms with E-state index in [9.17, 15) is 19.8 Å². The molecule has 3 N–H and O–H groups in total. The van der Waals surface area contributed by atoms with Gasteiger partial charge < -0.3 is 20.3 Å². The average molecular weight is 943 g/mol. The second-order valence-electron chi connectivity index (χ2n) is 20.3. The van der Waals surface area contributed by atoms with Gasteiger partial charge in [0, 0.05) is 12.8 Å². The number of ether oxygens (including phenoxy) is 1. The Hall–Kier alpha value is -1.92. The molecule has 1 amide bonds. The predicted molar refractivity (Wildman–Crippen MR) is 292 cm³/mol.